The smallest absolute Gasteiger partial charge is 0.324 e. The standard InChI is InChI=1S/C16H23NO4/c1-16(15(18)19,17-8-4-5-9-17)11-12-6-7-13(20-2)14(10-12)21-3/h6-7,10H,4-5,8-9,11H2,1-3H3,(H,18,19). The normalized spacial score (nSPS) is 18.2. The lowest BCUT2D eigenvalue weighted by Gasteiger charge is -2.35. The summed E-state index contributed by atoms with van der Waals surface area (Å²) in [7, 11) is 3.17. The minimum Gasteiger partial charge on any atom is -0.493 e. The molecule has 1 saturated heterocycles. The fourth-order valence-electron chi connectivity index (χ4n) is 2.92. The first-order valence-corrected chi connectivity index (χ1v) is 7.20. The second-order valence-electron chi connectivity index (χ2n) is 5.64. The Labute approximate surface area is 125 Å². The van der Waals surface area contributed by atoms with Crippen molar-refractivity contribution in [1.29, 1.82) is 0 Å². The van der Waals surface area contributed by atoms with E-state index < -0.39 is 11.5 Å². The van der Waals surface area contributed by atoms with Gasteiger partial charge in [-0.15, -0.1) is 0 Å². The van der Waals surface area contributed by atoms with Gasteiger partial charge in [0.05, 0.1) is 14.2 Å². The monoisotopic (exact) mass is 293 g/mol. The minimum absolute atomic E-state index is 0.447. The summed E-state index contributed by atoms with van der Waals surface area (Å²) < 4.78 is 10.5. The fraction of sp³-hybridized carbons (Fsp3) is 0.562. The highest BCUT2D eigenvalue weighted by atomic mass is 16.5. The Bertz CT molecular complexity index is 511. The molecule has 21 heavy (non-hydrogen) atoms. The average molecular weight is 293 g/mol. The lowest BCUT2D eigenvalue weighted by molar-refractivity contribution is -0.149. The van der Waals surface area contributed by atoms with Crippen LogP contribution >= 0.6 is 0 Å². The first kappa shape index (κ1) is 15.6. The van der Waals surface area contributed by atoms with Crippen LogP contribution in [0.5, 0.6) is 11.5 Å². The molecule has 1 aliphatic heterocycles. The van der Waals surface area contributed by atoms with Gasteiger partial charge in [-0.2, -0.15) is 0 Å². The van der Waals surface area contributed by atoms with Gasteiger partial charge in [0.25, 0.3) is 0 Å². The molecular weight excluding hydrogens is 270 g/mol. The molecule has 5 heteroatoms. The van der Waals surface area contributed by atoms with Gasteiger partial charge in [-0.05, 0) is 50.6 Å². The zero-order chi connectivity index (χ0) is 15.5. The molecular formula is C16H23NO4. The second kappa shape index (κ2) is 6.35. The van der Waals surface area contributed by atoms with Crippen molar-refractivity contribution in [2.45, 2.75) is 31.7 Å². The van der Waals surface area contributed by atoms with Crippen molar-refractivity contribution < 1.29 is 19.4 Å². The van der Waals surface area contributed by atoms with Gasteiger partial charge in [-0.3, -0.25) is 9.69 Å². The number of carboxylic acid groups (broad SMARTS) is 1. The molecule has 1 unspecified atom stereocenters. The summed E-state index contributed by atoms with van der Waals surface area (Å²) in [6, 6.07) is 5.58. The fourth-order valence-corrected chi connectivity index (χ4v) is 2.92. The molecule has 1 fully saturated rings. The Morgan fingerprint density at radius 3 is 2.38 bits per heavy atom. The number of likely N-dealkylation sites (tertiary alicyclic amines) is 1. The molecule has 0 amide bonds. The molecule has 0 spiro atoms. The number of carboxylic acids is 1. The molecule has 0 radical (unpaired) electrons. The van der Waals surface area contributed by atoms with Gasteiger partial charge in [0.2, 0.25) is 0 Å². The summed E-state index contributed by atoms with van der Waals surface area (Å²) in [6.07, 6.45) is 2.58. The number of carbonyl (C=O) groups is 1. The van der Waals surface area contributed by atoms with E-state index in [0.29, 0.717) is 17.9 Å². The minimum atomic E-state index is -0.879. The lowest BCUT2D eigenvalue weighted by Crippen LogP contribution is -2.52. The number of benzene rings is 1. The Hall–Kier alpha value is -1.75. The summed E-state index contributed by atoms with van der Waals surface area (Å²) in [4.78, 5) is 13.9. The third kappa shape index (κ3) is 3.13. The van der Waals surface area contributed by atoms with Crippen LogP contribution in [0.2, 0.25) is 0 Å². The molecule has 0 aromatic heterocycles. The Kier molecular flexibility index (Phi) is 4.73. The molecule has 1 atom stereocenters. The molecule has 0 aliphatic carbocycles. The highest BCUT2D eigenvalue weighted by Gasteiger charge is 2.40. The van der Waals surface area contributed by atoms with Gasteiger partial charge >= 0.3 is 5.97 Å². The van der Waals surface area contributed by atoms with Crippen molar-refractivity contribution in [1.82, 2.24) is 4.90 Å². The molecule has 2 rings (SSSR count). The van der Waals surface area contributed by atoms with Gasteiger partial charge in [0.15, 0.2) is 11.5 Å². The third-order valence-electron chi connectivity index (χ3n) is 4.26. The summed E-state index contributed by atoms with van der Waals surface area (Å²) in [5.41, 5.74) is 0.0558. The maximum atomic E-state index is 11.8. The van der Waals surface area contributed by atoms with Gasteiger partial charge in [0, 0.05) is 6.42 Å². The van der Waals surface area contributed by atoms with Crippen LogP contribution in [-0.4, -0.2) is 48.8 Å². The van der Waals surface area contributed by atoms with Gasteiger partial charge in [-0.25, -0.2) is 0 Å². The van der Waals surface area contributed by atoms with Crippen LogP contribution in [0.4, 0.5) is 0 Å². The van der Waals surface area contributed by atoms with Gasteiger partial charge in [0.1, 0.15) is 5.54 Å². The first-order valence-electron chi connectivity index (χ1n) is 7.20. The zero-order valence-electron chi connectivity index (χ0n) is 12.9. The van der Waals surface area contributed by atoms with Crippen LogP contribution in [0.1, 0.15) is 25.3 Å². The third-order valence-corrected chi connectivity index (χ3v) is 4.26. The Morgan fingerprint density at radius 1 is 1.24 bits per heavy atom. The van der Waals surface area contributed by atoms with E-state index in [4.69, 9.17) is 9.47 Å². The number of rotatable bonds is 6. The number of methoxy groups -OCH3 is 2. The van der Waals surface area contributed by atoms with Crippen LogP contribution < -0.4 is 9.47 Å². The van der Waals surface area contributed by atoms with Crippen molar-refractivity contribution in [2.24, 2.45) is 0 Å². The SMILES string of the molecule is COc1ccc(CC(C)(C(=O)O)N2CCCC2)cc1OC. The van der Waals surface area contributed by atoms with E-state index in [0.717, 1.165) is 31.5 Å². The highest BCUT2D eigenvalue weighted by Crippen LogP contribution is 2.31. The lowest BCUT2D eigenvalue weighted by atomic mass is 9.91. The maximum absolute atomic E-state index is 11.8. The van der Waals surface area contributed by atoms with E-state index in [1.165, 1.54) is 0 Å². The van der Waals surface area contributed by atoms with Crippen molar-refractivity contribution in [3.05, 3.63) is 23.8 Å². The highest BCUT2D eigenvalue weighted by molar-refractivity contribution is 5.79. The van der Waals surface area contributed by atoms with Crippen LogP contribution in [0.15, 0.2) is 18.2 Å². The van der Waals surface area contributed by atoms with E-state index in [1.807, 2.05) is 18.2 Å². The molecule has 0 bridgehead atoms. The van der Waals surface area contributed by atoms with Crippen molar-refractivity contribution in [2.75, 3.05) is 27.3 Å². The van der Waals surface area contributed by atoms with Crippen LogP contribution in [0.25, 0.3) is 0 Å². The molecule has 5 nitrogen and oxygen atoms in total. The molecule has 1 aromatic carbocycles. The zero-order valence-corrected chi connectivity index (χ0v) is 12.9. The molecule has 1 aromatic rings. The first-order chi connectivity index (χ1) is 10.0. The van der Waals surface area contributed by atoms with Crippen molar-refractivity contribution in [3.63, 3.8) is 0 Å². The molecule has 0 saturated carbocycles. The predicted octanol–water partition coefficient (Wildman–Crippen LogP) is 2.19. The number of hydrogen-bond donors (Lipinski definition) is 1. The molecule has 1 N–H and O–H groups in total. The van der Waals surface area contributed by atoms with Gasteiger partial charge < -0.3 is 14.6 Å². The van der Waals surface area contributed by atoms with Crippen molar-refractivity contribution >= 4 is 5.97 Å². The van der Waals surface area contributed by atoms with E-state index in [-0.39, 0.29) is 0 Å². The van der Waals surface area contributed by atoms with Crippen LogP contribution in [0, 0.1) is 0 Å². The van der Waals surface area contributed by atoms with Gasteiger partial charge in [-0.1, -0.05) is 6.07 Å². The summed E-state index contributed by atoms with van der Waals surface area (Å²) in [5, 5.41) is 9.68. The molecule has 1 aliphatic rings. The largest absolute Gasteiger partial charge is 0.493 e. The quantitative estimate of drug-likeness (QED) is 0.871. The number of hydrogen-bond acceptors (Lipinski definition) is 4. The summed E-state index contributed by atoms with van der Waals surface area (Å²) in [5.74, 6) is 0.503. The summed E-state index contributed by atoms with van der Waals surface area (Å²) in [6.45, 7) is 3.49. The Balaban J connectivity index is 2.26. The predicted molar refractivity (Wildman–Crippen MR) is 80.1 cm³/mol. The Morgan fingerprint density at radius 2 is 1.86 bits per heavy atom. The maximum Gasteiger partial charge on any atom is 0.324 e. The summed E-state index contributed by atoms with van der Waals surface area (Å²) >= 11 is 0. The van der Waals surface area contributed by atoms with E-state index in [1.54, 1.807) is 21.1 Å². The van der Waals surface area contributed by atoms with Crippen molar-refractivity contribution in [3.8, 4) is 11.5 Å². The van der Waals surface area contributed by atoms with E-state index >= 15 is 0 Å². The molecule has 116 valence electrons. The number of aliphatic carboxylic acids is 1. The van der Waals surface area contributed by atoms with E-state index in [9.17, 15) is 9.90 Å². The van der Waals surface area contributed by atoms with Crippen LogP contribution in [-0.2, 0) is 11.2 Å². The average Bonchev–Trinajstić information content (AvgIpc) is 3.01. The number of ether oxygens (including phenoxy) is 2. The number of nitrogens with zero attached hydrogens (tertiary/aromatic N) is 1. The topological polar surface area (TPSA) is 59.0 Å². The van der Waals surface area contributed by atoms with Crippen LogP contribution in [0.3, 0.4) is 0 Å². The van der Waals surface area contributed by atoms with E-state index in [2.05, 4.69) is 4.90 Å². The second-order valence-corrected chi connectivity index (χ2v) is 5.64. The molecule has 1 heterocycles.